The number of aliphatic hydroxyl groups is 2. The zero-order chi connectivity index (χ0) is 17.5. The second kappa shape index (κ2) is 6.02. The number of fused-ring (bicyclic) bond motifs is 1. The van der Waals surface area contributed by atoms with Crippen molar-refractivity contribution in [3.8, 4) is 0 Å². The molecule has 0 bridgehead atoms. The van der Waals surface area contributed by atoms with E-state index in [1.54, 1.807) is 13.0 Å². The number of carbonyl (C=O) groups excluding carboxylic acids is 2. The highest BCUT2D eigenvalue weighted by atomic mass is 16.5. The molecule has 0 radical (unpaired) electrons. The highest BCUT2D eigenvalue weighted by molar-refractivity contribution is 5.87. The number of allylic oxidation sites excluding steroid dienone is 1. The molecule has 2 aliphatic rings. The first kappa shape index (κ1) is 18.1. The standard InChI is InChI=1S/C18H28O5/c1-12(19)23-10-7-15(20)18(4)14-6-8-16(2,21)11-13(14)5-9-17(18,3)22/h5,9,13-14,21-22H,6-8,10-11H2,1-4H3/t13-,14-,16+,17+,18-/m0/s1. The number of Topliss-reactive ketones (excluding diaryl/α,β-unsaturated/α-hetero) is 1. The van der Waals surface area contributed by atoms with Crippen molar-refractivity contribution in [2.75, 3.05) is 6.61 Å². The molecule has 0 spiro atoms. The predicted molar refractivity (Wildman–Crippen MR) is 85.6 cm³/mol. The summed E-state index contributed by atoms with van der Waals surface area (Å²) in [7, 11) is 0. The molecule has 0 heterocycles. The van der Waals surface area contributed by atoms with Crippen molar-refractivity contribution in [2.24, 2.45) is 17.3 Å². The molecule has 1 fully saturated rings. The zero-order valence-corrected chi connectivity index (χ0v) is 14.5. The summed E-state index contributed by atoms with van der Waals surface area (Å²) in [6, 6.07) is 0. The Kier molecular flexibility index (Phi) is 4.75. The van der Waals surface area contributed by atoms with E-state index in [1.807, 2.05) is 19.9 Å². The minimum absolute atomic E-state index is 0.0208. The van der Waals surface area contributed by atoms with Crippen molar-refractivity contribution in [3.05, 3.63) is 12.2 Å². The fraction of sp³-hybridized carbons (Fsp3) is 0.778. The maximum absolute atomic E-state index is 12.9. The van der Waals surface area contributed by atoms with Gasteiger partial charge in [-0.25, -0.2) is 0 Å². The van der Waals surface area contributed by atoms with Gasteiger partial charge in [0.2, 0.25) is 0 Å². The van der Waals surface area contributed by atoms with Gasteiger partial charge in [-0.15, -0.1) is 0 Å². The molecule has 0 aromatic rings. The number of hydrogen-bond acceptors (Lipinski definition) is 5. The van der Waals surface area contributed by atoms with Gasteiger partial charge in [0.1, 0.15) is 5.78 Å². The summed E-state index contributed by atoms with van der Waals surface area (Å²) >= 11 is 0. The van der Waals surface area contributed by atoms with Gasteiger partial charge in [-0.1, -0.05) is 12.2 Å². The maximum Gasteiger partial charge on any atom is 0.302 e. The molecule has 2 rings (SSSR count). The fourth-order valence-corrected chi connectivity index (χ4v) is 4.25. The molecule has 2 aliphatic carbocycles. The van der Waals surface area contributed by atoms with Gasteiger partial charge >= 0.3 is 5.97 Å². The van der Waals surface area contributed by atoms with Crippen LogP contribution in [0.25, 0.3) is 0 Å². The molecule has 0 saturated heterocycles. The molecule has 23 heavy (non-hydrogen) atoms. The quantitative estimate of drug-likeness (QED) is 0.610. The summed E-state index contributed by atoms with van der Waals surface area (Å²) < 4.78 is 4.89. The van der Waals surface area contributed by atoms with Crippen molar-refractivity contribution in [3.63, 3.8) is 0 Å². The topological polar surface area (TPSA) is 83.8 Å². The third kappa shape index (κ3) is 3.36. The van der Waals surface area contributed by atoms with E-state index in [2.05, 4.69) is 0 Å². The Bertz CT molecular complexity index is 520. The van der Waals surface area contributed by atoms with Gasteiger partial charge in [-0.05, 0) is 51.9 Å². The van der Waals surface area contributed by atoms with Crippen LogP contribution in [0.1, 0.15) is 53.4 Å². The summed E-state index contributed by atoms with van der Waals surface area (Å²) in [6.45, 7) is 6.65. The van der Waals surface area contributed by atoms with E-state index in [1.165, 1.54) is 6.92 Å². The van der Waals surface area contributed by atoms with Crippen LogP contribution in [0.2, 0.25) is 0 Å². The number of rotatable bonds is 4. The van der Waals surface area contributed by atoms with Gasteiger partial charge < -0.3 is 14.9 Å². The average Bonchev–Trinajstić information content (AvgIpc) is 2.41. The number of hydrogen-bond donors (Lipinski definition) is 2. The molecule has 0 amide bonds. The average molecular weight is 324 g/mol. The monoisotopic (exact) mass is 324 g/mol. The summed E-state index contributed by atoms with van der Waals surface area (Å²) in [5.74, 6) is -0.455. The molecule has 5 atom stereocenters. The Hall–Kier alpha value is -1.20. The van der Waals surface area contributed by atoms with Crippen molar-refractivity contribution in [1.29, 1.82) is 0 Å². The van der Waals surface area contributed by atoms with Gasteiger partial charge in [-0.3, -0.25) is 9.59 Å². The molecule has 1 saturated carbocycles. The van der Waals surface area contributed by atoms with Crippen molar-refractivity contribution >= 4 is 11.8 Å². The second-order valence-electron chi connectivity index (χ2n) is 7.73. The Labute approximate surface area is 137 Å². The lowest BCUT2D eigenvalue weighted by Gasteiger charge is -2.54. The first-order chi connectivity index (χ1) is 10.5. The van der Waals surface area contributed by atoms with Crippen LogP contribution in [0.3, 0.4) is 0 Å². The molecule has 2 N–H and O–H groups in total. The molecule has 0 aromatic heterocycles. The lowest BCUT2D eigenvalue weighted by atomic mass is 9.51. The van der Waals surface area contributed by atoms with Crippen LogP contribution in [0, 0.1) is 17.3 Å². The van der Waals surface area contributed by atoms with E-state index in [0.717, 1.165) is 0 Å². The van der Waals surface area contributed by atoms with Gasteiger partial charge in [-0.2, -0.15) is 0 Å². The first-order valence-corrected chi connectivity index (χ1v) is 8.30. The van der Waals surface area contributed by atoms with Gasteiger partial charge in [0.15, 0.2) is 0 Å². The van der Waals surface area contributed by atoms with Crippen LogP contribution in [0.15, 0.2) is 12.2 Å². The van der Waals surface area contributed by atoms with E-state index >= 15 is 0 Å². The summed E-state index contributed by atoms with van der Waals surface area (Å²) in [6.07, 6.45) is 5.63. The lowest BCUT2D eigenvalue weighted by Crippen LogP contribution is -2.59. The molecule has 0 unspecified atom stereocenters. The third-order valence-electron chi connectivity index (χ3n) is 5.86. The predicted octanol–water partition coefficient (Wildman–Crippen LogP) is 2.00. The van der Waals surface area contributed by atoms with E-state index < -0.39 is 22.6 Å². The molecule has 0 aromatic carbocycles. The van der Waals surface area contributed by atoms with Crippen LogP contribution >= 0.6 is 0 Å². The summed E-state index contributed by atoms with van der Waals surface area (Å²) in [5, 5.41) is 21.2. The van der Waals surface area contributed by atoms with Crippen molar-refractivity contribution < 1.29 is 24.5 Å². The number of carbonyl (C=O) groups is 2. The number of esters is 1. The zero-order valence-electron chi connectivity index (χ0n) is 14.5. The van der Waals surface area contributed by atoms with Crippen LogP contribution in [-0.4, -0.2) is 39.8 Å². The second-order valence-corrected chi connectivity index (χ2v) is 7.73. The SMILES string of the molecule is CC(=O)OCCC(=O)[C@]1(C)[C@H]2CC[C@@](C)(O)C[C@@H]2C=C[C@@]1(C)O. The normalized spacial score (nSPS) is 42.9. The number of ether oxygens (including phenoxy) is 1. The first-order valence-electron chi connectivity index (χ1n) is 8.30. The minimum Gasteiger partial charge on any atom is -0.465 e. The van der Waals surface area contributed by atoms with Gasteiger partial charge in [0, 0.05) is 13.3 Å². The van der Waals surface area contributed by atoms with Gasteiger partial charge in [0.05, 0.1) is 23.2 Å². The lowest BCUT2D eigenvalue weighted by molar-refractivity contribution is -0.159. The Morgan fingerprint density at radius 1 is 1.26 bits per heavy atom. The fourth-order valence-electron chi connectivity index (χ4n) is 4.25. The van der Waals surface area contributed by atoms with Crippen LogP contribution in [0.5, 0.6) is 0 Å². The van der Waals surface area contributed by atoms with E-state index in [9.17, 15) is 19.8 Å². The van der Waals surface area contributed by atoms with Gasteiger partial charge in [0.25, 0.3) is 0 Å². The Morgan fingerprint density at radius 2 is 1.91 bits per heavy atom. The van der Waals surface area contributed by atoms with Crippen LogP contribution < -0.4 is 0 Å². The largest absolute Gasteiger partial charge is 0.465 e. The molecular weight excluding hydrogens is 296 g/mol. The Balaban J connectivity index is 2.24. The smallest absolute Gasteiger partial charge is 0.302 e. The van der Waals surface area contributed by atoms with Crippen LogP contribution in [-0.2, 0) is 14.3 Å². The Morgan fingerprint density at radius 3 is 2.52 bits per heavy atom. The third-order valence-corrected chi connectivity index (χ3v) is 5.86. The molecule has 0 aliphatic heterocycles. The van der Waals surface area contributed by atoms with E-state index in [4.69, 9.17) is 4.74 Å². The highest BCUT2D eigenvalue weighted by Gasteiger charge is 2.58. The maximum atomic E-state index is 12.9. The molecule has 130 valence electrons. The molecular formula is C18H28O5. The summed E-state index contributed by atoms with van der Waals surface area (Å²) in [4.78, 5) is 23.8. The summed E-state index contributed by atoms with van der Waals surface area (Å²) in [5.41, 5.74) is -2.91. The van der Waals surface area contributed by atoms with Crippen molar-refractivity contribution in [1.82, 2.24) is 0 Å². The molecule has 5 heteroatoms. The van der Waals surface area contributed by atoms with Crippen molar-refractivity contribution in [2.45, 2.75) is 64.6 Å². The van der Waals surface area contributed by atoms with E-state index in [0.29, 0.717) is 19.3 Å². The van der Waals surface area contributed by atoms with Crippen LogP contribution in [0.4, 0.5) is 0 Å². The van der Waals surface area contributed by atoms with E-state index in [-0.39, 0.29) is 30.6 Å². The highest BCUT2D eigenvalue weighted by Crippen LogP contribution is 2.54. The molecule has 5 nitrogen and oxygen atoms in total. The number of ketones is 1. The minimum atomic E-state index is -1.25.